The minimum Gasteiger partial charge on any atom is -0.349 e. The molecule has 1 aromatic heterocycles. The second kappa shape index (κ2) is 10.3. The van der Waals surface area contributed by atoms with Crippen LogP contribution in [0.5, 0.6) is 0 Å². The number of aromatic amines is 2. The van der Waals surface area contributed by atoms with Crippen molar-refractivity contribution in [1.82, 2.24) is 20.2 Å². The lowest BCUT2D eigenvalue weighted by atomic mass is 9.84. The van der Waals surface area contributed by atoms with E-state index in [0.29, 0.717) is 23.5 Å². The molecule has 2 aromatic carbocycles. The van der Waals surface area contributed by atoms with Gasteiger partial charge in [0.25, 0.3) is 5.56 Å². The molecule has 1 atom stereocenters. The Kier molecular flexibility index (Phi) is 7.35. The summed E-state index contributed by atoms with van der Waals surface area (Å²) in [5.41, 5.74) is -0.346. The molecule has 1 unspecified atom stereocenters. The van der Waals surface area contributed by atoms with Crippen molar-refractivity contribution in [3.63, 3.8) is 0 Å². The fraction of sp³-hybridized carbons (Fsp3) is 0.423. The van der Waals surface area contributed by atoms with E-state index in [2.05, 4.69) is 22.2 Å². The van der Waals surface area contributed by atoms with Crippen LogP contribution in [0.25, 0.3) is 10.9 Å². The van der Waals surface area contributed by atoms with Gasteiger partial charge in [0, 0.05) is 29.6 Å². The molecular weight excluding hydrogens is 473 g/mol. The molecule has 0 spiro atoms. The van der Waals surface area contributed by atoms with Gasteiger partial charge in [0.1, 0.15) is 17.5 Å². The van der Waals surface area contributed by atoms with Crippen LogP contribution in [0.3, 0.4) is 0 Å². The number of aromatic nitrogens is 2. The molecule has 7 nitrogen and oxygen atoms in total. The van der Waals surface area contributed by atoms with Crippen molar-refractivity contribution in [2.45, 2.75) is 63.1 Å². The first-order chi connectivity index (χ1) is 17.1. The number of benzene rings is 2. The van der Waals surface area contributed by atoms with Crippen LogP contribution in [-0.2, 0) is 4.79 Å². The number of hydrogen-bond acceptors (Lipinski definition) is 4. The molecule has 2 saturated heterocycles. The van der Waals surface area contributed by atoms with E-state index in [0.717, 1.165) is 18.6 Å². The number of rotatable bonds is 5. The molecule has 1 amide bonds. The number of carbonyl (C=O) groups excluding carboxylic acids is 1. The van der Waals surface area contributed by atoms with Crippen molar-refractivity contribution >= 4 is 16.8 Å². The average Bonchev–Trinajstić information content (AvgIpc) is 3.30. The maximum atomic E-state index is 13.8. The summed E-state index contributed by atoms with van der Waals surface area (Å²) >= 11 is 0. The topological polar surface area (TPSA) is 98.1 Å². The van der Waals surface area contributed by atoms with Gasteiger partial charge in [-0.25, -0.2) is 18.0 Å². The molecule has 192 valence electrons. The Balaban J connectivity index is 0.000000197. The third-order valence-corrected chi connectivity index (χ3v) is 7.51. The zero-order valence-electron chi connectivity index (χ0n) is 20.2. The van der Waals surface area contributed by atoms with Crippen LogP contribution in [0, 0.1) is 17.5 Å². The molecule has 2 aliphatic heterocycles. The number of nitrogens with one attached hydrogen (secondary N) is 3. The summed E-state index contributed by atoms with van der Waals surface area (Å²) in [6, 6.07) is 7.28. The minimum atomic E-state index is -0.620. The predicted molar refractivity (Wildman–Crippen MR) is 130 cm³/mol. The van der Waals surface area contributed by atoms with Crippen LogP contribution in [0.1, 0.15) is 57.1 Å². The summed E-state index contributed by atoms with van der Waals surface area (Å²) in [4.78, 5) is 40.9. The molecule has 10 heteroatoms. The lowest BCUT2D eigenvalue weighted by Gasteiger charge is -2.32. The maximum Gasteiger partial charge on any atom is 0.326 e. The molecule has 36 heavy (non-hydrogen) atoms. The first kappa shape index (κ1) is 25.7. The van der Waals surface area contributed by atoms with Gasteiger partial charge in [0.2, 0.25) is 5.91 Å². The molecule has 5 rings (SSSR count). The summed E-state index contributed by atoms with van der Waals surface area (Å²) in [6.45, 7) is 1.72. The van der Waals surface area contributed by atoms with E-state index < -0.39 is 34.7 Å². The van der Waals surface area contributed by atoms with E-state index in [4.69, 9.17) is 0 Å². The molecule has 0 aliphatic carbocycles. The van der Waals surface area contributed by atoms with Crippen molar-refractivity contribution in [2.24, 2.45) is 0 Å². The van der Waals surface area contributed by atoms with E-state index in [1.165, 1.54) is 49.9 Å². The van der Waals surface area contributed by atoms with Crippen molar-refractivity contribution in [3.8, 4) is 0 Å². The quantitative estimate of drug-likeness (QED) is 0.493. The number of hydrogen-bond donors (Lipinski definition) is 3. The van der Waals surface area contributed by atoms with Crippen LogP contribution in [0.4, 0.5) is 13.2 Å². The van der Waals surface area contributed by atoms with Gasteiger partial charge in [-0.15, -0.1) is 0 Å². The summed E-state index contributed by atoms with van der Waals surface area (Å²) < 4.78 is 39.4. The van der Waals surface area contributed by atoms with Gasteiger partial charge in [-0.05, 0) is 70.3 Å². The van der Waals surface area contributed by atoms with E-state index in [1.54, 1.807) is 6.92 Å². The van der Waals surface area contributed by atoms with Crippen molar-refractivity contribution in [3.05, 3.63) is 80.3 Å². The fourth-order valence-electron chi connectivity index (χ4n) is 5.42. The zero-order valence-corrected chi connectivity index (χ0v) is 20.2. The van der Waals surface area contributed by atoms with Crippen LogP contribution in [0.15, 0.2) is 46.0 Å². The fourth-order valence-corrected chi connectivity index (χ4v) is 5.42. The van der Waals surface area contributed by atoms with E-state index in [1.807, 2.05) is 4.98 Å². The summed E-state index contributed by atoms with van der Waals surface area (Å²) in [7, 11) is 2.17. The van der Waals surface area contributed by atoms with Crippen LogP contribution in [0.2, 0.25) is 0 Å². The molecule has 3 aromatic rings. The van der Waals surface area contributed by atoms with Gasteiger partial charge in [-0.1, -0.05) is 6.07 Å². The third kappa shape index (κ3) is 5.38. The van der Waals surface area contributed by atoms with E-state index >= 15 is 0 Å². The molecule has 0 saturated carbocycles. The van der Waals surface area contributed by atoms with E-state index in [9.17, 15) is 27.6 Å². The lowest BCUT2D eigenvalue weighted by molar-refractivity contribution is -0.122. The van der Waals surface area contributed by atoms with Gasteiger partial charge < -0.3 is 10.3 Å². The lowest BCUT2D eigenvalue weighted by Crippen LogP contribution is -2.39. The highest BCUT2D eigenvalue weighted by atomic mass is 19.1. The van der Waals surface area contributed by atoms with Gasteiger partial charge in [0.15, 0.2) is 0 Å². The second-order valence-electron chi connectivity index (χ2n) is 9.62. The Morgan fingerprint density at radius 3 is 2.39 bits per heavy atom. The standard InChI is InChI=1S/C18H24F2N2O.C8H5FN2O2/c1-12(15-4-3-13(19)11-16(15)20)21-17(23)7-10-18-8-5-14(6-9-18)22(18)2;9-4-1-2-6-5(3-4)7(12)11-8(13)10-6/h3-4,11-12,14H,5-10H2,1-2H3,(H,21,23);1-3H,(H2,10,11,12,13). The van der Waals surface area contributed by atoms with Crippen molar-refractivity contribution in [1.29, 1.82) is 0 Å². The second-order valence-corrected chi connectivity index (χ2v) is 9.62. The molecule has 2 fully saturated rings. The van der Waals surface area contributed by atoms with E-state index in [-0.39, 0.29) is 16.8 Å². The average molecular weight is 503 g/mol. The summed E-state index contributed by atoms with van der Waals surface area (Å²) in [6.07, 6.45) is 6.10. The van der Waals surface area contributed by atoms with Crippen LogP contribution < -0.4 is 16.6 Å². The zero-order chi connectivity index (χ0) is 26.0. The van der Waals surface area contributed by atoms with Crippen molar-refractivity contribution < 1.29 is 18.0 Å². The van der Waals surface area contributed by atoms with Gasteiger partial charge in [-0.3, -0.25) is 19.5 Å². The normalized spacial score (nSPS) is 21.8. The first-order valence-corrected chi connectivity index (χ1v) is 12.0. The smallest absolute Gasteiger partial charge is 0.326 e. The number of carbonyl (C=O) groups is 1. The number of amides is 1. The third-order valence-electron chi connectivity index (χ3n) is 7.51. The molecule has 3 N–H and O–H groups in total. The van der Waals surface area contributed by atoms with Gasteiger partial charge in [0.05, 0.1) is 16.9 Å². The Morgan fingerprint density at radius 1 is 1.08 bits per heavy atom. The Morgan fingerprint density at radius 2 is 1.75 bits per heavy atom. The highest BCUT2D eigenvalue weighted by Crippen LogP contribution is 2.47. The minimum absolute atomic E-state index is 0.0700. The molecule has 2 bridgehead atoms. The number of nitrogens with zero attached hydrogens (tertiary/aromatic N) is 1. The monoisotopic (exact) mass is 502 g/mol. The number of fused-ring (bicyclic) bond motifs is 3. The Labute approximate surface area is 205 Å². The highest BCUT2D eigenvalue weighted by molar-refractivity contribution is 5.77. The van der Waals surface area contributed by atoms with Crippen LogP contribution >= 0.6 is 0 Å². The molecule has 0 radical (unpaired) electrons. The summed E-state index contributed by atoms with van der Waals surface area (Å²) in [5.74, 6) is -1.81. The Hall–Kier alpha value is -3.40. The number of halogens is 3. The highest BCUT2D eigenvalue weighted by Gasteiger charge is 2.49. The predicted octanol–water partition coefficient (Wildman–Crippen LogP) is 3.90. The number of H-pyrrole nitrogens is 2. The summed E-state index contributed by atoms with van der Waals surface area (Å²) in [5, 5.41) is 2.97. The van der Waals surface area contributed by atoms with Gasteiger partial charge >= 0.3 is 5.69 Å². The first-order valence-electron chi connectivity index (χ1n) is 12.0. The van der Waals surface area contributed by atoms with Crippen LogP contribution in [-0.4, -0.2) is 39.4 Å². The molecular formula is C26H29F3N4O3. The Bertz CT molecular complexity index is 1380. The van der Waals surface area contributed by atoms with Crippen molar-refractivity contribution in [2.75, 3.05) is 7.05 Å². The molecule has 3 heterocycles. The maximum absolute atomic E-state index is 13.8. The molecule has 2 aliphatic rings. The SMILES string of the molecule is CC(NC(=O)CCC12CCC(CC1)N2C)c1ccc(F)cc1F.O=c1[nH]c(=O)c2cc(F)ccc2[nH]1. The largest absolute Gasteiger partial charge is 0.349 e. The van der Waals surface area contributed by atoms with Gasteiger partial charge in [-0.2, -0.15) is 0 Å².